The Kier molecular flexibility index (Phi) is 7.49. The van der Waals surface area contributed by atoms with Gasteiger partial charge in [0.05, 0.1) is 11.6 Å². The Morgan fingerprint density at radius 2 is 2.14 bits per heavy atom. The molecule has 1 N–H and O–H groups in total. The van der Waals surface area contributed by atoms with Gasteiger partial charge in [-0.15, -0.1) is 12.4 Å². The van der Waals surface area contributed by atoms with Crippen molar-refractivity contribution in [1.29, 1.82) is 0 Å². The summed E-state index contributed by atoms with van der Waals surface area (Å²) < 4.78 is 6.00. The van der Waals surface area contributed by atoms with Gasteiger partial charge in [0.1, 0.15) is 5.75 Å². The number of halogens is 2. The Labute approximate surface area is 140 Å². The molecule has 1 fully saturated rings. The molecule has 0 radical (unpaired) electrons. The third kappa shape index (κ3) is 4.59. The van der Waals surface area contributed by atoms with Crippen molar-refractivity contribution in [3.63, 3.8) is 0 Å². The fraction of sp³-hybridized carbons (Fsp3) is 0.533. The third-order valence-corrected chi connectivity index (χ3v) is 4.43. The number of nitrogens with one attached hydrogen (secondary N) is 1. The molecule has 1 aliphatic heterocycles. The maximum Gasteiger partial charge on any atom is 0.253 e. The van der Waals surface area contributed by atoms with Crippen LogP contribution in [-0.4, -0.2) is 44.1 Å². The summed E-state index contributed by atoms with van der Waals surface area (Å²) in [7, 11) is 3.52. The SMILES string of the molecule is COc1ccc(C(=O)N(C)C2CCCNCC2)cc1Br.Cl. The summed E-state index contributed by atoms with van der Waals surface area (Å²) >= 11 is 3.43. The van der Waals surface area contributed by atoms with Gasteiger partial charge in [0.2, 0.25) is 0 Å². The Bertz CT molecular complexity index is 477. The van der Waals surface area contributed by atoms with E-state index in [9.17, 15) is 4.79 Å². The number of amides is 1. The monoisotopic (exact) mass is 376 g/mol. The van der Waals surface area contributed by atoms with E-state index in [1.165, 1.54) is 0 Å². The number of hydrogen-bond acceptors (Lipinski definition) is 3. The van der Waals surface area contributed by atoms with Crippen LogP contribution >= 0.6 is 28.3 Å². The molecule has 4 nitrogen and oxygen atoms in total. The van der Waals surface area contributed by atoms with E-state index in [4.69, 9.17) is 4.74 Å². The summed E-state index contributed by atoms with van der Waals surface area (Å²) in [6.07, 6.45) is 3.20. The van der Waals surface area contributed by atoms with Crippen molar-refractivity contribution in [1.82, 2.24) is 10.2 Å². The maximum absolute atomic E-state index is 12.6. The van der Waals surface area contributed by atoms with Gasteiger partial charge in [-0.1, -0.05) is 0 Å². The molecule has 1 unspecified atom stereocenters. The second kappa shape index (κ2) is 8.61. The van der Waals surface area contributed by atoms with Gasteiger partial charge in [0.15, 0.2) is 0 Å². The van der Waals surface area contributed by atoms with Gasteiger partial charge in [-0.2, -0.15) is 0 Å². The normalized spacial score (nSPS) is 18.3. The van der Waals surface area contributed by atoms with Crippen molar-refractivity contribution in [3.05, 3.63) is 28.2 Å². The van der Waals surface area contributed by atoms with Gasteiger partial charge in [-0.25, -0.2) is 0 Å². The number of methoxy groups -OCH3 is 1. The standard InChI is InChI=1S/C15H21BrN2O2.ClH/c1-18(12-4-3-8-17-9-7-12)15(19)11-5-6-14(20-2)13(16)10-11;/h5-6,10,12,17H,3-4,7-9H2,1-2H3;1H. The summed E-state index contributed by atoms with van der Waals surface area (Å²) in [5.74, 6) is 0.808. The molecule has 2 rings (SSSR count). The minimum Gasteiger partial charge on any atom is -0.496 e. The molecule has 0 spiro atoms. The summed E-state index contributed by atoms with van der Waals surface area (Å²) in [5, 5.41) is 3.37. The van der Waals surface area contributed by atoms with Gasteiger partial charge < -0.3 is 15.0 Å². The van der Waals surface area contributed by atoms with Gasteiger partial charge in [-0.05, 0) is 66.5 Å². The molecule has 1 aromatic carbocycles. The first-order chi connectivity index (χ1) is 9.63. The zero-order valence-corrected chi connectivity index (χ0v) is 14.8. The van der Waals surface area contributed by atoms with E-state index in [0.717, 1.165) is 42.6 Å². The molecule has 0 aliphatic carbocycles. The van der Waals surface area contributed by atoms with Gasteiger partial charge in [0, 0.05) is 18.7 Å². The van der Waals surface area contributed by atoms with Crippen LogP contribution < -0.4 is 10.1 Å². The first kappa shape index (κ1) is 18.3. The molecular weight excluding hydrogens is 356 g/mol. The number of benzene rings is 1. The van der Waals surface area contributed by atoms with E-state index in [-0.39, 0.29) is 18.3 Å². The van der Waals surface area contributed by atoms with Crippen molar-refractivity contribution < 1.29 is 9.53 Å². The minimum atomic E-state index is 0. The van der Waals surface area contributed by atoms with Crippen LogP contribution in [0.3, 0.4) is 0 Å². The molecule has 118 valence electrons. The van der Waals surface area contributed by atoms with Crippen LogP contribution in [0.4, 0.5) is 0 Å². The molecule has 1 amide bonds. The number of hydrogen-bond donors (Lipinski definition) is 1. The average Bonchev–Trinajstić information content (AvgIpc) is 2.74. The van der Waals surface area contributed by atoms with E-state index < -0.39 is 0 Å². The highest BCUT2D eigenvalue weighted by Gasteiger charge is 2.22. The van der Waals surface area contributed by atoms with Crippen LogP contribution in [0.2, 0.25) is 0 Å². The molecule has 6 heteroatoms. The fourth-order valence-electron chi connectivity index (χ4n) is 2.56. The summed E-state index contributed by atoms with van der Waals surface area (Å²) in [5.41, 5.74) is 0.692. The molecular formula is C15H22BrClN2O2. The Morgan fingerprint density at radius 1 is 1.38 bits per heavy atom. The summed E-state index contributed by atoms with van der Waals surface area (Å²) in [6, 6.07) is 5.78. The van der Waals surface area contributed by atoms with Gasteiger partial charge in [0.25, 0.3) is 5.91 Å². The highest BCUT2D eigenvalue weighted by molar-refractivity contribution is 9.10. The van der Waals surface area contributed by atoms with Gasteiger partial charge in [-0.3, -0.25) is 4.79 Å². The maximum atomic E-state index is 12.6. The lowest BCUT2D eigenvalue weighted by molar-refractivity contribution is 0.0720. The molecule has 21 heavy (non-hydrogen) atoms. The highest BCUT2D eigenvalue weighted by Crippen LogP contribution is 2.26. The zero-order valence-electron chi connectivity index (χ0n) is 12.4. The number of nitrogens with zero attached hydrogens (tertiary/aromatic N) is 1. The second-order valence-corrected chi connectivity index (χ2v) is 5.95. The Balaban J connectivity index is 0.00000220. The van der Waals surface area contributed by atoms with Crippen LogP contribution in [0.5, 0.6) is 5.75 Å². The number of rotatable bonds is 3. The van der Waals surface area contributed by atoms with E-state index in [1.54, 1.807) is 7.11 Å². The minimum absolute atomic E-state index is 0. The van der Waals surface area contributed by atoms with Crippen LogP contribution in [0.1, 0.15) is 29.6 Å². The van der Waals surface area contributed by atoms with Crippen molar-refractivity contribution in [2.24, 2.45) is 0 Å². The molecule has 1 aliphatic rings. The zero-order chi connectivity index (χ0) is 14.5. The lowest BCUT2D eigenvalue weighted by Gasteiger charge is -2.27. The average molecular weight is 378 g/mol. The largest absolute Gasteiger partial charge is 0.496 e. The topological polar surface area (TPSA) is 41.6 Å². The number of carbonyl (C=O) groups is 1. The van der Waals surface area contributed by atoms with Crippen molar-refractivity contribution >= 4 is 34.2 Å². The van der Waals surface area contributed by atoms with Gasteiger partial charge >= 0.3 is 0 Å². The van der Waals surface area contributed by atoms with Crippen molar-refractivity contribution in [3.8, 4) is 5.75 Å². The fourth-order valence-corrected chi connectivity index (χ4v) is 3.10. The molecule has 1 aromatic rings. The number of carbonyl (C=O) groups excluding carboxylic acids is 1. The predicted octanol–water partition coefficient (Wildman–Crippen LogP) is 3.09. The van der Waals surface area contributed by atoms with E-state index in [2.05, 4.69) is 21.2 Å². The molecule has 1 heterocycles. The van der Waals surface area contributed by atoms with E-state index >= 15 is 0 Å². The smallest absolute Gasteiger partial charge is 0.253 e. The summed E-state index contributed by atoms with van der Waals surface area (Å²) in [4.78, 5) is 14.4. The molecule has 1 saturated heterocycles. The van der Waals surface area contributed by atoms with Crippen LogP contribution in [-0.2, 0) is 0 Å². The molecule has 0 aromatic heterocycles. The molecule has 0 bridgehead atoms. The third-order valence-electron chi connectivity index (χ3n) is 3.81. The first-order valence-corrected chi connectivity index (χ1v) is 7.74. The van der Waals surface area contributed by atoms with Crippen molar-refractivity contribution in [2.75, 3.05) is 27.2 Å². The lowest BCUT2D eigenvalue weighted by Crippen LogP contribution is -2.37. The van der Waals surface area contributed by atoms with Crippen LogP contribution in [0, 0.1) is 0 Å². The van der Waals surface area contributed by atoms with Crippen LogP contribution in [0.15, 0.2) is 22.7 Å². The van der Waals surface area contributed by atoms with E-state index in [1.807, 2.05) is 30.1 Å². The molecule has 1 atom stereocenters. The highest BCUT2D eigenvalue weighted by atomic mass is 79.9. The van der Waals surface area contributed by atoms with Crippen molar-refractivity contribution in [2.45, 2.75) is 25.3 Å². The second-order valence-electron chi connectivity index (χ2n) is 5.10. The lowest BCUT2D eigenvalue weighted by atomic mass is 10.1. The quantitative estimate of drug-likeness (QED) is 0.880. The Hall–Kier alpha value is -0.780. The summed E-state index contributed by atoms with van der Waals surface area (Å²) in [6.45, 7) is 2.03. The van der Waals surface area contributed by atoms with Crippen LogP contribution in [0.25, 0.3) is 0 Å². The molecule has 0 saturated carbocycles. The Morgan fingerprint density at radius 3 is 2.81 bits per heavy atom. The first-order valence-electron chi connectivity index (χ1n) is 6.95. The van der Waals surface area contributed by atoms with E-state index in [0.29, 0.717) is 11.6 Å². The predicted molar refractivity (Wildman–Crippen MR) is 90.5 cm³/mol. The number of ether oxygens (including phenoxy) is 1.